The number of alkyl carbamates (subject to hydrolysis) is 1. The van der Waals surface area contributed by atoms with Gasteiger partial charge in [0, 0.05) is 0 Å². The number of nitrogens with one attached hydrogen (secondary N) is 1. The summed E-state index contributed by atoms with van der Waals surface area (Å²) in [5.74, 6) is -0.559. The maximum Gasteiger partial charge on any atom is 0.408 e. The first-order valence-corrected chi connectivity index (χ1v) is 11.4. The number of ether oxygens (including phenoxy) is 2. The zero-order valence-electron chi connectivity index (χ0n) is 17.1. The van der Waals surface area contributed by atoms with Crippen LogP contribution in [0, 0.1) is 0 Å². The number of methoxy groups -OCH3 is 1. The Kier molecular flexibility index (Phi) is 8.60. The van der Waals surface area contributed by atoms with Crippen LogP contribution in [0.5, 0.6) is 0 Å². The Morgan fingerprint density at radius 3 is 2.04 bits per heavy atom. The highest BCUT2D eigenvalue weighted by Crippen LogP contribution is 2.36. The molecule has 2 atom stereocenters. The van der Waals surface area contributed by atoms with E-state index < -0.39 is 38.1 Å². The molecule has 148 valence electrons. The summed E-state index contributed by atoms with van der Waals surface area (Å²) in [7, 11) is -0.832. The van der Waals surface area contributed by atoms with Crippen LogP contribution in [-0.2, 0) is 18.7 Å². The van der Waals surface area contributed by atoms with Crippen LogP contribution < -0.4 is 5.32 Å². The Bertz CT molecular complexity index is 453. The van der Waals surface area contributed by atoms with E-state index in [1.807, 2.05) is 0 Å². The van der Waals surface area contributed by atoms with Gasteiger partial charge in [-0.1, -0.05) is 20.8 Å². The van der Waals surface area contributed by atoms with Gasteiger partial charge in [-0.25, -0.2) is 4.79 Å². The van der Waals surface area contributed by atoms with Crippen LogP contribution >= 0.6 is 0 Å². The quantitative estimate of drug-likeness (QED) is 0.523. The molecule has 2 N–H and O–H groups in total. The topological polar surface area (TPSA) is 94.1 Å². The van der Waals surface area contributed by atoms with E-state index in [4.69, 9.17) is 9.16 Å². The van der Waals surface area contributed by atoms with E-state index in [2.05, 4.69) is 43.9 Å². The van der Waals surface area contributed by atoms with Gasteiger partial charge in [0.05, 0.1) is 32.3 Å². The molecule has 8 heteroatoms. The Morgan fingerprint density at radius 2 is 1.64 bits per heavy atom. The normalized spacial score (nSPS) is 15.3. The van der Waals surface area contributed by atoms with Crippen molar-refractivity contribution in [1.82, 2.24) is 5.32 Å². The van der Waals surface area contributed by atoms with Gasteiger partial charge in [0.15, 0.2) is 8.32 Å². The van der Waals surface area contributed by atoms with Crippen LogP contribution in [0.2, 0.25) is 18.1 Å². The summed E-state index contributed by atoms with van der Waals surface area (Å²) in [4.78, 5) is 23.5. The standard InChI is InChI=1S/C17H35NO6Si/c1-16(2,3)24-15(21)18-12(13(19)10-14(20)22-7)11-23-25(8,9)17(4,5)6/h12-13,19H,10-11H2,1-9H3,(H,18,21)/t12-,13-/m1/s1. The third kappa shape index (κ3) is 9.22. The average molecular weight is 378 g/mol. The van der Waals surface area contributed by atoms with E-state index in [1.165, 1.54) is 7.11 Å². The molecule has 0 aromatic carbocycles. The van der Waals surface area contributed by atoms with Crippen LogP contribution in [0.25, 0.3) is 0 Å². The van der Waals surface area contributed by atoms with Crippen molar-refractivity contribution in [3.63, 3.8) is 0 Å². The molecule has 0 bridgehead atoms. The van der Waals surface area contributed by atoms with Crippen molar-refractivity contribution in [2.45, 2.75) is 83.8 Å². The van der Waals surface area contributed by atoms with Crippen LogP contribution in [0.3, 0.4) is 0 Å². The summed E-state index contributed by atoms with van der Waals surface area (Å²) in [5.41, 5.74) is -0.664. The molecule has 0 radical (unpaired) electrons. The number of carbonyl (C=O) groups excluding carboxylic acids is 2. The Hall–Kier alpha value is -1.12. The van der Waals surface area contributed by atoms with E-state index in [-0.39, 0.29) is 18.1 Å². The predicted molar refractivity (Wildman–Crippen MR) is 98.9 cm³/mol. The molecule has 0 rings (SSSR count). The molecular formula is C17H35NO6Si. The van der Waals surface area contributed by atoms with Crippen molar-refractivity contribution < 1.29 is 28.6 Å². The van der Waals surface area contributed by atoms with Crippen molar-refractivity contribution in [3.8, 4) is 0 Å². The first kappa shape index (κ1) is 23.9. The predicted octanol–water partition coefficient (Wildman–Crippen LogP) is 2.83. The van der Waals surface area contributed by atoms with E-state index in [0.717, 1.165) is 0 Å². The van der Waals surface area contributed by atoms with Gasteiger partial charge in [-0.15, -0.1) is 0 Å². The molecule has 0 unspecified atom stereocenters. The second-order valence-corrected chi connectivity index (χ2v) is 13.5. The highest BCUT2D eigenvalue weighted by molar-refractivity contribution is 6.74. The zero-order chi connectivity index (χ0) is 20.1. The number of hydrogen-bond acceptors (Lipinski definition) is 6. The van der Waals surface area contributed by atoms with Crippen molar-refractivity contribution in [1.29, 1.82) is 0 Å². The number of hydrogen-bond donors (Lipinski definition) is 2. The van der Waals surface area contributed by atoms with Crippen molar-refractivity contribution >= 4 is 20.4 Å². The second-order valence-electron chi connectivity index (χ2n) is 8.67. The first-order valence-electron chi connectivity index (χ1n) is 8.47. The molecule has 0 spiro atoms. The van der Waals surface area contributed by atoms with Gasteiger partial charge in [-0.3, -0.25) is 4.79 Å². The van der Waals surface area contributed by atoms with Gasteiger partial charge in [0.2, 0.25) is 0 Å². The van der Waals surface area contributed by atoms with E-state index in [9.17, 15) is 14.7 Å². The number of rotatable bonds is 7. The van der Waals surface area contributed by atoms with Gasteiger partial charge in [0.1, 0.15) is 5.60 Å². The summed E-state index contributed by atoms with van der Waals surface area (Å²) >= 11 is 0. The number of amides is 1. The maximum absolute atomic E-state index is 12.0. The van der Waals surface area contributed by atoms with E-state index in [1.54, 1.807) is 20.8 Å². The Morgan fingerprint density at radius 1 is 1.12 bits per heavy atom. The molecule has 0 aliphatic carbocycles. The lowest BCUT2D eigenvalue weighted by molar-refractivity contribution is -0.143. The van der Waals surface area contributed by atoms with Crippen molar-refractivity contribution in [2.24, 2.45) is 0 Å². The minimum atomic E-state index is -2.08. The molecule has 0 saturated carbocycles. The second kappa shape index (κ2) is 9.00. The summed E-state index contributed by atoms with van der Waals surface area (Å²) in [5, 5.41) is 12.9. The third-order valence-corrected chi connectivity index (χ3v) is 8.70. The average Bonchev–Trinajstić information content (AvgIpc) is 2.39. The first-order chi connectivity index (χ1) is 11.1. The van der Waals surface area contributed by atoms with Crippen LogP contribution in [0.1, 0.15) is 48.0 Å². The summed E-state index contributed by atoms with van der Waals surface area (Å²) in [6.07, 6.45) is -2.04. The van der Waals surface area contributed by atoms with Gasteiger partial charge < -0.3 is 24.3 Å². The zero-order valence-corrected chi connectivity index (χ0v) is 18.1. The molecule has 25 heavy (non-hydrogen) atoms. The third-order valence-electron chi connectivity index (χ3n) is 4.20. The lowest BCUT2D eigenvalue weighted by atomic mass is 10.1. The molecule has 0 aromatic rings. The lowest BCUT2D eigenvalue weighted by Gasteiger charge is -2.38. The van der Waals surface area contributed by atoms with Crippen molar-refractivity contribution in [2.75, 3.05) is 13.7 Å². The molecule has 0 saturated heterocycles. The van der Waals surface area contributed by atoms with E-state index >= 15 is 0 Å². The summed E-state index contributed by atoms with van der Waals surface area (Å²) in [6.45, 7) is 15.8. The maximum atomic E-state index is 12.0. The number of aliphatic hydroxyl groups is 1. The van der Waals surface area contributed by atoms with Crippen LogP contribution in [0.15, 0.2) is 0 Å². The highest BCUT2D eigenvalue weighted by atomic mass is 28.4. The largest absolute Gasteiger partial charge is 0.469 e. The van der Waals surface area contributed by atoms with Crippen LogP contribution in [-0.4, -0.2) is 57.0 Å². The van der Waals surface area contributed by atoms with Crippen molar-refractivity contribution in [3.05, 3.63) is 0 Å². The van der Waals surface area contributed by atoms with Gasteiger partial charge in [-0.2, -0.15) is 0 Å². The number of esters is 1. The monoisotopic (exact) mass is 377 g/mol. The minimum absolute atomic E-state index is 0.0171. The smallest absolute Gasteiger partial charge is 0.408 e. The SMILES string of the molecule is COC(=O)C[C@@H](O)[C@@H](CO[Si](C)(C)C(C)(C)C)NC(=O)OC(C)(C)C. The molecule has 7 nitrogen and oxygen atoms in total. The fraction of sp³-hybridized carbons (Fsp3) is 0.882. The Balaban J connectivity index is 5.07. The Labute approximate surface area is 152 Å². The van der Waals surface area contributed by atoms with Crippen LogP contribution in [0.4, 0.5) is 4.79 Å². The molecule has 0 heterocycles. The molecule has 0 aromatic heterocycles. The van der Waals surface area contributed by atoms with Gasteiger partial charge >= 0.3 is 12.1 Å². The summed E-state index contributed by atoms with van der Waals surface area (Å²) < 4.78 is 15.9. The molecule has 0 aliphatic heterocycles. The number of carbonyl (C=O) groups is 2. The minimum Gasteiger partial charge on any atom is -0.469 e. The molecule has 1 amide bonds. The fourth-order valence-electron chi connectivity index (χ4n) is 1.62. The summed E-state index contributed by atoms with van der Waals surface area (Å²) in [6, 6.07) is -0.775. The lowest BCUT2D eigenvalue weighted by Crippen LogP contribution is -2.52. The van der Waals surface area contributed by atoms with E-state index in [0.29, 0.717) is 0 Å². The number of aliphatic hydroxyl groups excluding tert-OH is 1. The fourth-order valence-corrected chi connectivity index (χ4v) is 2.65. The van der Waals surface area contributed by atoms with Gasteiger partial charge in [-0.05, 0) is 38.9 Å². The molecule has 0 fully saturated rings. The van der Waals surface area contributed by atoms with Gasteiger partial charge in [0.25, 0.3) is 0 Å². The molecular weight excluding hydrogens is 342 g/mol. The highest BCUT2D eigenvalue weighted by Gasteiger charge is 2.38. The molecule has 0 aliphatic rings.